The fraction of sp³-hybridized carbons (Fsp3) is 0.667. The van der Waals surface area contributed by atoms with Crippen LogP contribution in [0, 0.1) is 6.92 Å². The van der Waals surface area contributed by atoms with Gasteiger partial charge in [-0.3, -0.25) is 10.1 Å². The summed E-state index contributed by atoms with van der Waals surface area (Å²) in [5.74, 6) is 0.194. The Hall–Kier alpha value is -1.43. The van der Waals surface area contributed by atoms with Crippen LogP contribution in [0.2, 0.25) is 0 Å². The number of rotatable bonds is 5. The number of nitrogens with zero attached hydrogens (tertiary/aromatic N) is 2. The molecule has 15 heavy (non-hydrogen) atoms. The summed E-state index contributed by atoms with van der Waals surface area (Å²) in [5.41, 5.74) is 5.66. The number of unbranched alkanes of at least 4 members (excludes halogenated alkanes) is 1. The Kier molecular flexibility index (Phi) is 4.23. The lowest BCUT2D eigenvalue weighted by Crippen LogP contribution is -2.35. The molecule has 0 saturated carbocycles. The van der Waals surface area contributed by atoms with Gasteiger partial charge in [0.05, 0.1) is 6.04 Å². The zero-order chi connectivity index (χ0) is 11.3. The van der Waals surface area contributed by atoms with Gasteiger partial charge in [0.1, 0.15) is 0 Å². The molecule has 0 aliphatic carbocycles. The van der Waals surface area contributed by atoms with Crippen molar-refractivity contribution in [2.24, 2.45) is 5.73 Å². The molecular weight excluding hydrogens is 196 g/mol. The minimum atomic E-state index is -0.517. The van der Waals surface area contributed by atoms with E-state index < -0.39 is 6.04 Å². The summed E-state index contributed by atoms with van der Waals surface area (Å²) in [5, 5.41) is 6.02. The highest BCUT2D eigenvalue weighted by Crippen LogP contribution is 2.04. The predicted molar refractivity (Wildman–Crippen MR) is 55.2 cm³/mol. The molecule has 6 nitrogen and oxygen atoms in total. The summed E-state index contributed by atoms with van der Waals surface area (Å²) in [7, 11) is 0. The van der Waals surface area contributed by atoms with Crippen molar-refractivity contribution in [2.45, 2.75) is 39.2 Å². The van der Waals surface area contributed by atoms with E-state index in [0.29, 0.717) is 12.2 Å². The Morgan fingerprint density at radius 2 is 2.40 bits per heavy atom. The van der Waals surface area contributed by atoms with Gasteiger partial charge < -0.3 is 10.3 Å². The quantitative estimate of drug-likeness (QED) is 0.754. The lowest BCUT2D eigenvalue weighted by molar-refractivity contribution is -0.117. The zero-order valence-electron chi connectivity index (χ0n) is 8.99. The molecule has 0 radical (unpaired) electrons. The summed E-state index contributed by atoms with van der Waals surface area (Å²) < 4.78 is 4.74. The van der Waals surface area contributed by atoms with E-state index >= 15 is 0 Å². The van der Waals surface area contributed by atoms with Gasteiger partial charge in [-0.1, -0.05) is 24.9 Å². The molecule has 3 N–H and O–H groups in total. The van der Waals surface area contributed by atoms with E-state index in [2.05, 4.69) is 15.5 Å². The normalized spacial score (nSPS) is 12.5. The maximum atomic E-state index is 11.5. The highest BCUT2D eigenvalue weighted by Gasteiger charge is 2.15. The molecule has 0 unspecified atom stereocenters. The van der Waals surface area contributed by atoms with E-state index in [1.54, 1.807) is 6.92 Å². The highest BCUT2D eigenvalue weighted by molar-refractivity contribution is 5.92. The Labute approximate surface area is 88.2 Å². The highest BCUT2D eigenvalue weighted by atomic mass is 16.5. The number of carbonyl (C=O) groups is 1. The summed E-state index contributed by atoms with van der Waals surface area (Å²) in [6.07, 6.45) is 2.60. The van der Waals surface area contributed by atoms with Crippen molar-refractivity contribution in [1.29, 1.82) is 0 Å². The minimum Gasteiger partial charge on any atom is -0.320 e. The van der Waals surface area contributed by atoms with Crippen LogP contribution in [-0.2, 0) is 4.79 Å². The van der Waals surface area contributed by atoms with E-state index in [9.17, 15) is 4.79 Å². The van der Waals surface area contributed by atoms with Crippen LogP contribution in [0.1, 0.15) is 32.0 Å². The van der Waals surface area contributed by atoms with Crippen molar-refractivity contribution in [2.75, 3.05) is 5.32 Å². The molecule has 0 bridgehead atoms. The van der Waals surface area contributed by atoms with Gasteiger partial charge in [0.15, 0.2) is 5.82 Å². The molecule has 1 aromatic rings. The fourth-order valence-electron chi connectivity index (χ4n) is 1.10. The average Bonchev–Trinajstić information content (AvgIpc) is 2.60. The smallest absolute Gasteiger partial charge is 0.320 e. The van der Waals surface area contributed by atoms with Crippen molar-refractivity contribution in [3.63, 3.8) is 0 Å². The number of nitrogens with two attached hydrogens (primary N) is 1. The van der Waals surface area contributed by atoms with E-state index in [0.717, 1.165) is 12.8 Å². The maximum absolute atomic E-state index is 11.5. The van der Waals surface area contributed by atoms with Gasteiger partial charge in [-0.2, -0.15) is 4.98 Å². The number of amides is 1. The molecule has 0 fully saturated rings. The molecule has 0 saturated heterocycles. The maximum Gasteiger partial charge on any atom is 0.328 e. The Balaban J connectivity index is 2.41. The van der Waals surface area contributed by atoms with Crippen LogP contribution < -0.4 is 11.1 Å². The second-order valence-corrected chi connectivity index (χ2v) is 3.38. The summed E-state index contributed by atoms with van der Waals surface area (Å²) in [6, 6.07) is -0.415. The van der Waals surface area contributed by atoms with E-state index in [4.69, 9.17) is 10.3 Å². The van der Waals surface area contributed by atoms with Crippen LogP contribution in [0.15, 0.2) is 4.52 Å². The molecule has 0 aliphatic heterocycles. The molecule has 1 amide bonds. The predicted octanol–water partition coefficient (Wildman–Crippen LogP) is 0.834. The number of hydrogen-bond donors (Lipinski definition) is 2. The van der Waals surface area contributed by atoms with Crippen LogP contribution in [0.5, 0.6) is 0 Å². The van der Waals surface area contributed by atoms with Gasteiger partial charge >= 0.3 is 6.01 Å². The number of aromatic nitrogens is 2. The molecule has 1 atom stereocenters. The SMILES string of the molecule is CCCC[C@H](N)C(=O)Nc1nc(C)no1. The first kappa shape index (κ1) is 11.6. The first-order chi connectivity index (χ1) is 7.13. The second-order valence-electron chi connectivity index (χ2n) is 3.38. The number of nitrogens with one attached hydrogen (secondary N) is 1. The van der Waals surface area contributed by atoms with Crippen molar-refractivity contribution in [3.05, 3.63) is 5.82 Å². The van der Waals surface area contributed by atoms with Crippen LogP contribution in [0.4, 0.5) is 6.01 Å². The topological polar surface area (TPSA) is 94.0 Å². The van der Waals surface area contributed by atoms with Gasteiger partial charge in [-0.05, 0) is 13.3 Å². The van der Waals surface area contributed by atoms with Gasteiger partial charge in [-0.15, -0.1) is 0 Å². The molecule has 1 heterocycles. The van der Waals surface area contributed by atoms with Crippen LogP contribution in [-0.4, -0.2) is 22.1 Å². The Morgan fingerprint density at radius 1 is 1.67 bits per heavy atom. The Bertz CT molecular complexity index is 324. The van der Waals surface area contributed by atoms with Gasteiger partial charge in [0.2, 0.25) is 5.91 Å². The number of anilines is 1. The largest absolute Gasteiger partial charge is 0.328 e. The van der Waals surface area contributed by atoms with Crippen LogP contribution >= 0.6 is 0 Å². The molecule has 1 aromatic heterocycles. The van der Waals surface area contributed by atoms with Gasteiger partial charge in [0.25, 0.3) is 0 Å². The van der Waals surface area contributed by atoms with E-state index in [-0.39, 0.29) is 11.9 Å². The van der Waals surface area contributed by atoms with Crippen LogP contribution in [0.25, 0.3) is 0 Å². The lowest BCUT2D eigenvalue weighted by Gasteiger charge is -2.08. The monoisotopic (exact) mass is 212 g/mol. The summed E-state index contributed by atoms with van der Waals surface area (Å²) in [6.45, 7) is 3.72. The third kappa shape index (κ3) is 3.67. The van der Waals surface area contributed by atoms with Gasteiger partial charge in [-0.25, -0.2) is 0 Å². The minimum absolute atomic E-state index is 0.101. The lowest BCUT2D eigenvalue weighted by atomic mass is 10.1. The standard InChI is InChI=1S/C9H16N4O2/c1-3-4-5-7(10)8(14)12-9-11-6(2)13-15-9/h7H,3-5,10H2,1-2H3,(H,11,12,13,14)/t7-/m0/s1. The first-order valence-corrected chi connectivity index (χ1v) is 5.00. The summed E-state index contributed by atoms with van der Waals surface area (Å²) in [4.78, 5) is 15.3. The average molecular weight is 212 g/mol. The van der Waals surface area contributed by atoms with E-state index in [1.807, 2.05) is 6.92 Å². The summed E-state index contributed by atoms with van der Waals surface area (Å²) >= 11 is 0. The Morgan fingerprint density at radius 3 is 2.93 bits per heavy atom. The van der Waals surface area contributed by atoms with Crippen molar-refractivity contribution < 1.29 is 9.32 Å². The molecule has 1 rings (SSSR count). The van der Waals surface area contributed by atoms with Crippen molar-refractivity contribution in [1.82, 2.24) is 10.1 Å². The third-order valence-corrected chi connectivity index (χ3v) is 1.96. The second kappa shape index (κ2) is 5.45. The van der Waals surface area contributed by atoms with Crippen molar-refractivity contribution >= 4 is 11.9 Å². The number of aryl methyl sites for hydroxylation is 1. The third-order valence-electron chi connectivity index (χ3n) is 1.96. The van der Waals surface area contributed by atoms with Gasteiger partial charge in [0, 0.05) is 0 Å². The molecule has 0 aliphatic rings. The number of carbonyl (C=O) groups excluding carboxylic acids is 1. The zero-order valence-corrected chi connectivity index (χ0v) is 8.99. The van der Waals surface area contributed by atoms with Crippen molar-refractivity contribution in [3.8, 4) is 0 Å². The molecule has 6 heteroatoms. The molecular formula is C9H16N4O2. The number of hydrogen-bond acceptors (Lipinski definition) is 5. The molecule has 84 valence electrons. The molecule has 0 spiro atoms. The van der Waals surface area contributed by atoms with E-state index in [1.165, 1.54) is 0 Å². The fourth-order valence-corrected chi connectivity index (χ4v) is 1.10. The van der Waals surface area contributed by atoms with Crippen LogP contribution in [0.3, 0.4) is 0 Å². The first-order valence-electron chi connectivity index (χ1n) is 5.00. The molecule has 0 aromatic carbocycles.